The molecule has 9 nitrogen and oxygen atoms in total. The maximum absolute atomic E-state index is 14.9. The van der Waals surface area contributed by atoms with Crippen LogP contribution in [-0.4, -0.2) is 63.2 Å². The van der Waals surface area contributed by atoms with Crippen LogP contribution in [0.5, 0.6) is 11.5 Å². The molecule has 2 atom stereocenters. The smallest absolute Gasteiger partial charge is 0.244 e. The van der Waals surface area contributed by atoms with Gasteiger partial charge in [-0.2, -0.15) is 0 Å². The first-order valence-electron chi connectivity index (χ1n) is 13.8. The number of nitrogens with zero attached hydrogens (tertiary/aromatic N) is 2. The molecule has 3 aromatic rings. The normalized spacial score (nSPS) is 14.0. The number of sulfonamides is 1. The molecule has 0 aromatic heterocycles. The summed E-state index contributed by atoms with van der Waals surface area (Å²) in [5.74, 6) is -0.793. The minimum Gasteiger partial charge on any atom is -0.486 e. The molecule has 0 bridgehead atoms. The van der Waals surface area contributed by atoms with Crippen LogP contribution in [0, 0.1) is 5.82 Å². The van der Waals surface area contributed by atoms with Crippen molar-refractivity contribution in [3.8, 4) is 11.5 Å². The molecule has 0 unspecified atom stereocenters. The lowest BCUT2D eigenvalue weighted by Crippen LogP contribution is -2.54. The zero-order chi connectivity index (χ0) is 30.3. The Morgan fingerprint density at radius 3 is 2.31 bits per heavy atom. The predicted molar refractivity (Wildman–Crippen MR) is 158 cm³/mol. The Kier molecular flexibility index (Phi) is 10.1. The van der Waals surface area contributed by atoms with Crippen molar-refractivity contribution in [3.63, 3.8) is 0 Å². The number of carbonyl (C=O) groups is 2. The number of ether oxygens (including phenoxy) is 2. The van der Waals surface area contributed by atoms with Crippen LogP contribution in [0.15, 0.2) is 72.8 Å². The summed E-state index contributed by atoms with van der Waals surface area (Å²) in [5.41, 5.74) is 1.19. The molecular weight excluding hydrogens is 561 g/mol. The van der Waals surface area contributed by atoms with E-state index in [9.17, 15) is 22.4 Å². The first-order chi connectivity index (χ1) is 20.1. The number of hydrogen-bond donors (Lipinski definition) is 1. The van der Waals surface area contributed by atoms with Crippen molar-refractivity contribution in [2.75, 3.05) is 30.3 Å². The van der Waals surface area contributed by atoms with Crippen LogP contribution in [0.2, 0.25) is 0 Å². The summed E-state index contributed by atoms with van der Waals surface area (Å²) < 4.78 is 53.0. The van der Waals surface area contributed by atoms with Crippen molar-refractivity contribution >= 4 is 27.5 Å². The Labute approximate surface area is 246 Å². The molecular formula is C31H36FN3O6S. The molecule has 3 aromatic carbocycles. The van der Waals surface area contributed by atoms with E-state index in [1.807, 2.05) is 44.2 Å². The van der Waals surface area contributed by atoms with E-state index >= 15 is 0 Å². The fourth-order valence-electron chi connectivity index (χ4n) is 4.61. The highest BCUT2D eigenvalue weighted by Crippen LogP contribution is 2.35. The number of carbonyl (C=O) groups excluding carboxylic acids is 2. The molecule has 1 aliphatic heterocycles. The van der Waals surface area contributed by atoms with E-state index in [1.165, 1.54) is 35.2 Å². The van der Waals surface area contributed by atoms with Gasteiger partial charge in [-0.3, -0.25) is 13.9 Å². The Morgan fingerprint density at radius 1 is 0.976 bits per heavy atom. The van der Waals surface area contributed by atoms with Gasteiger partial charge >= 0.3 is 0 Å². The lowest BCUT2D eigenvalue weighted by molar-refractivity contribution is -0.140. The van der Waals surface area contributed by atoms with E-state index in [0.717, 1.165) is 16.1 Å². The van der Waals surface area contributed by atoms with Gasteiger partial charge in [-0.25, -0.2) is 12.8 Å². The second-order valence-corrected chi connectivity index (χ2v) is 12.1. The molecule has 11 heteroatoms. The Hall–Kier alpha value is -4.12. The number of rotatable bonds is 12. The lowest BCUT2D eigenvalue weighted by atomic mass is 10.0. The van der Waals surface area contributed by atoms with E-state index in [0.29, 0.717) is 31.1 Å². The number of anilines is 1. The van der Waals surface area contributed by atoms with Crippen molar-refractivity contribution in [2.45, 2.75) is 45.3 Å². The van der Waals surface area contributed by atoms with Gasteiger partial charge in [0.15, 0.2) is 11.5 Å². The standard InChI is InChI=1S/C31H36FN3O6S/c1-4-22(2)33-31(37)27(18-23-10-6-5-7-11-23)34(20-24-12-8-9-13-26(24)32)30(36)21-35(42(3,38)39)25-14-15-28-29(19-25)41-17-16-40-28/h5-15,19,22,27H,4,16-18,20-21H2,1-3H3,(H,33,37)/t22-,27-/m1/s1. The molecule has 0 radical (unpaired) electrons. The molecule has 0 saturated heterocycles. The van der Waals surface area contributed by atoms with Gasteiger partial charge in [0.2, 0.25) is 21.8 Å². The second-order valence-electron chi connectivity index (χ2n) is 10.2. The first kappa shape index (κ1) is 30.8. The summed E-state index contributed by atoms with van der Waals surface area (Å²) >= 11 is 0. The summed E-state index contributed by atoms with van der Waals surface area (Å²) in [6.07, 6.45) is 1.80. The fourth-order valence-corrected chi connectivity index (χ4v) is 5.45. The minimum absolute atomic E-state index is 0.145. The van der Waals surface area contributed by atoms with Gasteiger partial charge in [-0.15, -0.1) is 0 Å². The molecule has 0 aliphatic carbocycles. The van der Waals surface area contributed by atoms with E-state index in [2.05, 4.69) is 5.32 Å². The molecule has 1 N–H and O–H groups in total. The summed E-state index contributed by atoms with van der Waals surface area (Å²) in [4.78, 5) is 29.1. The number of halogens is 1. The van der Waals surface area contributed by atoms with Crippen LogP contribution < -0.4 is 19.1 Å². The SMILES string of the molecule is CC[C@@H](C)NC(=O)[C@@H](Cc1ccccc1)N(Cc1ccccc1F)C(=O)CN(c1ccc2c(c1)OCCO2)S(C)(=O)=O. The quantitative estimate of drug-likeness (QED) is 0.340. The topological polar surface area (TPSA) is 105 Å². The van der Waals surface area contributed by atoms with Crippen molar-refractivity contribution in [1.82, 2.24) is 10.2 Å². The predicted octanol–water partition coefficient (Wildman–Crippen LogP) is 3.92. The lowest BCUT2D eigenvalue weighted by Gasteiger charge is -2.34. The highest BCUT2D eigenvalue weighted by molar-refractivity contribution is 7.92. The number of hydrogen-bond acceptors (Lipinski definition) is 6. The van der Waals surface area contributed by atoms with E-state index < -0.39 is 40.2 Å². The Balaban J connectivity index is 1.74. The third-order valence-corrected chi connectivity index (χ3v) is 8.20. The van der Waals surface area contributed by atoms with Gasteiger partial charge in [-0.05, 0) is 37.1 Å². The molecule has 2 amide bonds. The van der Waals surface area contributed by atoms with Crippen LogP contribution >= 0.6 is 0 Å². The highest BCUT2D eigenvalue weighted by atomic mass is 32.2. The Morgan fingerprint density at radius 2 is 1.64 bits per heavy atom. The molecule has 0 spiro atoms. The zero-order valence-corrected chi connectivity index (χ0v) is 24.8. The van der Waals surface area contributed by atoms with E-state index in [4.69, 9.17) is 9.47 Å². The van der Waals surface area contributed by atoms with Gasteiger partial charge in [0.05, 0.1) is 11.9 Å². The Bertz CT molecular complexity index is 1500. The minimum atomic E-state index is -3.97. The fraction of sp³-hybridized carbons (Fsp3) is 0.355. The van der Waals surface area contributed by atoms with Crippen molar-refractivity contribution in [3.05, 3.63) is 89.7 Å². The first-order valence-corrected chi connectivity index (χ1v) is 15.7. The van der Waals surface area contributed by atoms with Crippen molar-refractivity contribution in [2.24, 2.45) is 0 Å². The maximum atomic E-state index is 14.9. The number of benzene rings is 3. The molecule has 4 rings (SSSR count). The van der Waals surface area contributed by atoms with Gasteiger partial charge in [0, 0.05) is 30.6 Å². The summed E-state index contributed by atoms with van der Waals surface area (Å²) in [6, 6.07) is 18.6. The number of amides is 2. The van der Waals surface area contributed by atoms with Crippen molar-refractivity contribution < 1.29 is 31.9 Å². The molecule has 42 heavy (non-hydrogen) atoms. The molecule has 1 heterocycles. The highest BCUT2D eigenvalue weighted by Gasteiger charge is 2.34. The van der Waals surface area contributed by atoms with Gasteiger partial charge < -0.3 is 19.7 Å². The maximum Gasteiger partial charge on any atom is 0.244 e. The summed E-state index contributed by atoms with van der Waals surface area (Å²) in [7, 11) is -3.97. The zero-order valence-electron chi connectivity index (χ0n) is 24.0. The monoisotopic (exact) mass is 597 g/mol. The van der Waals surface area contributed by atoms with Crippen molar-refractivity contribution in [1.29, 1.82) is 0 Å². The van der Waals surface area contributed by atoms with Crippen LogP contribution in [0.3, 0.4) is 0 Å². The van der Waals surface area contributed by atoms with E-state index in [1.54, 1.807) is 12.1 Å². The van der Waals surface area contributed by atoms with Crippen LogP contribution in [0.4, 0.5) is 10.1 Å². The third-order valence-electron chi connectivity index (χ3n) is 7.06. The molecule has 0 saturated carbocycles. The van der Waals surface area contributed by atoms with Crippen LogP contribution in [0.25, 0.3) is 0 Å². The third kappa shape index (κ3) is 7.79. The average molecular weight is 598 g/mol. The summed E-state index contributed by atoms with van der Waals surface area (Å²) in [5, 5.41) is 2.95. The number of nitrogens with one attached hydrogen (secondary N) is 1. The second kappa shape index (κ2) is 13.7. The molecule has 224 valence electrons. The van der Waals surface area contributed by atoms with Gasteiger partial charge in [0.1, 0.15) is 31.6 Å². The van der Waals surface area contributed by atoms with Crippen LogP contribution in [-0.2, 0) is 32.6 Å². The van der Waals surface area contributed by atoms with E-state index in [-0.39, 0.29) is 30.3 Å². The summed E-state index contributed by atoms with van der Waals surface area (Å²) in [6.45, 7) is 3.60. The molecule has 0 fully saturated rings. The van der Waals surface area contributed by atoms with Gasteiger partial charge in [-0.1, -0.05) is 55.5 Å². The number of fused-ring (bicyclic) bond motifs is 1. The largest absolute Gasteiger partial charge is 0.486 e. The van der Waals surface area contributed by atoms with Crippen LogP contribution in [0.1, 0.15) is 31.4 Å². The molecule has 1 aliphatic rings. The average Bonchev–Trinajstić information content (AvgIpc) is 2.98. The van der Waals surface area contributed by atoms with Gasteiger partial charge in [0.25, 0.3) is 0 Å².